The monoisotopic (exact) mass is 484 g/mol. The largest absolute Gasteiger partial charge is 0.394 e. The van der Waals surface area contributed by atoms with Gasteiger partial charge in [-0.25, -0.2) is 4.89 Å². The van der Waals surface area contributed by atoms with Crippen molar-refractivity contribution in [3.63, 3.8) is 0 Å². The van der Waals surface area contributed by atoms with Crippen LogP contribution < -0.4 is 0 Å². The van der Waals surface area contributed by atoms with Crippen LogP contribution in [0, 0.1) is 0 Å². The number of rotatable bonds is 6. The molecule has 2 aliphatic rings. The lowest BCUT2D eigenvalue weighted by molar-refractivity contribution is -0.398. The van der Waals surface area contributed by atoms with E-state index in [-0.39, 0.29) is 0 Å². The summed E-state index contributed by atoms with van der Waals surface area (Å²) in [5.41, 5.74) is 0. The first-order valence-electron chi connectivity index (χ1n) is 7.37. The van der Waals surface area contributed by atoms with Gasteiger partial charge in [-0.15, -0.1) is 0 Å². The number of ether oxygens (including phenoxy) is 3. The molecule has 2 aliphatic heterocycles. The van der Waals surface area contributed by atoms with Crippen LogP contribution in [0.25, 0.3) is 0 Å². The zero-order valence-corrected chi connectivity index (χ0v) is 14.9. The van der Waals surface area contributed by atoms with Crippen molar-refractivity contribution >= 4 is 23.0 Å². The average molecular weight is 484 g/mol. The summed E-state index contributed by atoms with van der Waals surface area (Å²) < 4.78 is 20.9. The first-order chi connectivity index (χ1) is 11.9. The van der Waals surface area contributed by atoms with Crippen molar-refractivity contribution in [2.45, 2.75) is 61.4 Å². The smallest absolute Gasteiger partial charge is 0.198 e. The quantitative estimate of drug-likeness (QED) is 0.112. The van der Waals surface area contributed by atoms with E-state index in [4.69, 9.17) is 22.5 Å². The molecule has 0 spiro atoms. The molecule has 10 unspecified atom stereocenters. The maximum atomic E-state index is 10.1. The summed E-state index contributed by atoms with van der Waals surface area (Å²) in [5.74, 6) is 0. The Morgan fingerprint density at radius 3 is 1.84 bits per heavy atom. The lowest BCUT2D eigenvalue weighted by Gasteiger charge is -2.45. The predicted molar refractivity (Wildman–Crippen MR) is 83.0 cm³/mol. The topological polar surface area (TPSA) is 188 Å². The molecule has 2 saturated heterocycles. The van der Waals surface area contributed by atoms with Gasteiger partial charge >= 0.3 is 0 Å². The first kappa shape index (κ1) is 21.5. The Labute approximate surface area is 156 Å². The number of aliphatic hydroxyl groups excluding tert-OH is 6. The van der Waals surface area contributed by atoms with Crippen LogP contribution in [0.4, 0.5) is 0 Å². The van der Waals surface area contributed by atoms with Crippen LogP contribution in [0.5, 0.6) is 0 Å². The molecule has 25 heavy (non-hydrogen) atoms. The summed E-state index contributed by atoms with van der Waals surface area (Å²) in [6.45, 7) is -1.25. The van der Waals surface area contributed by atoms with Crippen molar-refractivity contribution in [3.05, 3.63) is 0 Å². The highest BCUT2D eigenvalue weighted by Crippen LogP contribution is 2.31. The molecule has 0 aromatic heterocycles. The summed E-state index contributed by atoms with van der Waals surface area (Å²) in [5, 5.41) is 67.0. The maximum Gasteiger partial charge on any atom is 0.198 e. The second-order valence-corrected chi connectivity index (χ2v) is 6.18. The summed E-state index contributed by atoms with van der Waals surface area (Å²) in [6.07, 6.45) is -14.4. The zero-order valence-electron chi connectivity index (χ0n) is 12.7. The Hall–Kier alpha value is 0.250. The SMILES string of the molecule is OCC1OC(OC2C(OI)OC(CO)C(O)C2OO)C(O)C(O)C1O. The number of hydrogen-bond acceptors (Lipinski definition) is 12. The molecule has 2 rings (SSSR count). The minimum Gasteiger partial charge on any atom is -0.394 e. The normalized spacial score (nSPS) is 48.5. The molecule has 7 N–H and O–H groups in total. The van der Waals surface area contributed by atoms with Gasteiger partial charge in [0.05, 0.1) is 13.2 Å². The van der Waals surface area contributed by atoms with Crippen LogP contribution in [0.1, 0.15) is 0 Å². The summed E-state index contributed by atoms with van der Waals surface area (Å²) in [4.78, 5) is 4.21. The summed E-state index contributed by atoms with van der Waals surface area (Å²) in [6, 6.07) is 0. The Morgan fingerprint density at radius 1 is 0.760 bits per heavy atom. The minimum atomic E-state index is -1.71. The third kappa shape index (κ3) is 4.40. The van der Waals surface area contributed by atoms with Gasteiger partial charge in [0.15, 0.2) is 18.7 Å². The van der Waals surface area contributed by atoms with Crippen LogP contribution in [-0.2, 0) is 22.2 Å². The van der Waals surface area contributed by atoms with E-state index in [1.54, 1.807) is 0 Å². The Kier molecular flexibility index (Phi) is 8.14. The standard InChI is InChI=1S/C12H21IO12/c13-24-12-10(9(25-20)6(17)4(2-15)22-12)23-11-8(19)7(18)5(16)3(1-14)21-11/h3-12,14-20H,1-2H2. The van der Waals surface area contributed by atoms with Gasteiger partial charge < -0.3 is 44.8 Å². The molecule has 2 fully saturated rings. The van der Waals surface area contributed by atoms with Gasteiger partial charge in [0.2, 0.25) is 0 Å². The first-order valence-corrected chi connectivity index (χ1v) is 8.25. The second kappa shape index (κ2) is 9.45. The Balaban J connectivity index is 2.17. The Bertz CT molecular complexity index is 414. The third-order valence-electron chi connectivity index (χ3n) is 4.15. The predicted octanol–water partition coefficient (Wildman–Crippen LogP) is -3.53. The van der Waals surface area contributed by atoms with Crippen molar-refractivity contribution in [2.24, 2.45) is 0 Å². The lowest BCUT2D eigenvalue weighted by Crippen LogP contribution is -2.64. The zero-order chi connectivity index (χ0) is 18.7. The number of hydrogen-bond donors (Lipinski definition) is 7. The molecule has 10 atom stereocenters. The molecule has 0 saturated carbocycles. The van der Waals surface area contributed by atoms with E-state index < -0.39 is 74.6 Å². The fourth-order valence-electron chi connectivity index (χ4n) is 2.71. The van der Waals surface area contributed by atoms with Crippen molar-refractivity contribution in [1.82, 2.24) is 0 Å². The molecule has 12 nitrogen and oxygen atoms in total. The molecule has 2 heterocycles. The molecular weight excluding hydrogens is 463 g/mol. The fourth-order valence-corrected chi connectivity index (χ4v) is 3.12. The van der Waals surface area contributed by atoms with Gasteiger partial charge in [0, 0.05) is 0 Å². The highest BCUT2D eigenvalue weighted by molar-refractivity contribution is 14.1. The van der Waals surface area contributed by atoms with Crippen molar-refractivity contribution in [1.29, 1.82) is 0 Å². The highest BCUT2D eigenvalue weighted by atomic mass is 127. The van der Waals surface area contributed by atoms with Crippen molar-refractivity contribution in [3.8, 4) is 0 Å². The van der Waals surface area contributed by atoms with E-state index in [0.717, 1.165) is 0 Å². The van der Waals surface area contributed by atoms with E-state index in [2.05, 4.69) is 4.89 Å². The third-order valence-corrected chi connectivity index (χ3v) is 4.65. The fraction of sp³-hybridized carbons (Fsp3) is 1.00. The molecule has 0 aromatic carbocycles. The number of halogens is 1. The molecule has 13 heteroatoms. The van der Waals surface area contributed by atoms with Gasteiger partial charge in [-0.2, -0.15) is 0 Å². The van der Waals surface area contributed by atoms with E-state index in [1.165, 1.54) is 23.0 Å². The molecule has 0 radical (unpaired) electrons. The van der Waals surface area contributed by atoms with Crippen LogP contribution in [0.3, 0.4) is 0 Å². The minimum absolute atomic E-state index is 0.593. The second-order valence-electron chi connectivity index (χ2n) is 5.67. The average Bonchev–Trinajstić information content (AvgIpc) is 2.62. The highest BCUT2D eigenvalue weighted by Gasteiger charge is 2.52. The number of aliphatic hydroxyl groups is 6. The van der Waals surface area contributed by atoms with Gasteiger partial charge in [-0.1, -0.05) is 0 Å². The molecule has 0 amide bonds. The van der Waals surface area contributed by atoms with Crippen molar-refractivity contribution < 1.29 is 58.1 Å². The summed E-state index contributed by atoms with van der Waals surface area (Å²) >= 11 is 1.46. The van der Waals surface area contributed by atoms with Crippen LogP contribution in [0.15, 0.2) is 0 Å². The van der Waals surface area contributed by atoms with Gasteiger partial charge in [-0.05, 0) is 0 Å². The van der Waals surface area contributed by atoms with E-state index in [9.17, 15) is 30.6 Å². The summed E-state index contributed by atoms with van der Waals surface area (Å²) in [7, 11) is 0. The van der Waals surface area contributed by atoms with Crippen LogP contribution in [-0.4, -0.2) is 111 Å². The molecular formula is C12H21IO12. The maximum absolute atomic E-state index is 10.1. The Morgan fingerprint density at radius 2 is 1.32 bits per heavy atom. The molecule has 0 bridgehead atoms. The van der Waals surface area contributed by atoms with Crippen LogP contribution in [0.2, 0.25) is 0 Å². The van der Waals surface area contributed by atoms with Gasteiger partial charge in [-0.3, -0.25) is 8.32 Å². The van der Waals surface area contributed by atoms with Gasteiger partial charge in [0.1, 0.15) is 65.7 Å². The van der Waals surface area contributed by atoms with Gasteiger partial charge in [0.25, 0.3) is 0 Å². The van der Waals surface area contributed by atoms with E-state index in [0.29, 0.717) is 0 Å². The molecule has 148 valence electrons. The van der Waals surface area contributed by atoms with Crippen molar-refractivity contribution in [2.75, 3.05) is 13.2 Å². The van der Waals surface area contributed by atoms with E-state index >= 15 is 0 Å². The molecule has 0 aromatic rings. The van der Waals surface area contributed by atoms with Crippen LogP contribution >= 0.6 is 23.0 Å². The van der Waals surface area contributed by atoms with E-state index in [1.807, 2.05) is 0 Å². The molecule has 0 aliphatic carbocycles. The lowest BCUT2D eigenvalue weighted by atomic mass is 9.97.